The minimum absolute atomic E-state index is 0.0547. The van der Waals surface area contributed by atoms with Gasteiger partial charge in [0.15, 0.2) is 0 Å². The highest BCUT2D eigenvalue weighted by Gasteiger charge is 2.15. The molecule has 0 aliphatic carbocycles. The molecular formula is C15H22N4O2. The van der Waals surface area contributed by atoms with Crippen molar-refractivity contribution in [2.45, 2.75) is 27.3 Å². The molecule has 0 spiro atoms. The molecule has 0 aliphatic rings. The van der Waals surface area contributed by atoms with Gasteiger partial charge >= 0.3 is 0 Å². The maximum absolute atomic E-state index is 11.1. The molecule has 0 saturated carbocycles. The fourth-order valence-corrected chi connectivity index (χ4v) is 2.16. The molecule has 1 rings (SSSR count). The summed E-state index contributed by atoms with van der Waals surface area (Å²) in [5.41, 5.74) is 1.52. The van der Waals surface area contributed by atoms with Gasteiger partial charge in [-0.25, -0.2) is 0 Å². The summed E-state index contributed by atoms with van der Waals surface area (Å²) in [6.07, 6.45) is 0. The fraction of sp³-hybridized carbons (Fsp3) is 0.533. The maximum Gasteiger partial charge on any atom is 0.292 e. The molecule has 0 aromatic heterocycles. The molecule has 0 bridgehead atoms. The molecular weight excluding hydrogens is 268 g/mol. The van der Waals surface area contributed by atoms with Crippen molar-refractivity contribution in [3.63, 3.8) is 0 Å². The van der Waals surface area contributed by atoms with Crippen molar-refractivity contribution in [2.24, 2.45) is 5.92 Å². The maximum atomic E-state index is 11.1. The zero-order valence-electron chi connectivity index (χ0n) is 12.8. The molecule has 0 aliphatic heterocycles. The Morgan fingerprint density at radius 3 is 2.71 bits per heavy atom. The van der Waals surface area contributed by atoms with Crippen molar-refractivity contribution in [2.75, 3.05) is 25.0 Å². The van der Waals surface area contributed by atoms with Crippen molar-refractivity contribution in [1.29, 1.82) is 5.26 Å². The van der Waals surface area contributed by atoms with Gasteiger partial charge in [-0.05, 0) is 32.0 Å². The lowest BCUT2D eigenvalue weighted by Gasteiger charge is -2.21. The highest BCUT2D eigenvalue weighted by atomic mass is 16.6. The van der Waals surface area contributed by atoms with Gasteiger partial charge in [-0.3, -0.25) is 15.0 Å². The Kier molecular flexibility index (Phi) is 6.63. The first-order valence-electron chi connectivity index (χ1n) is 7.14. The SMILES string of the molecule is CCNc1ccc(CN(CC)CC(C)C#N)cc1[N+](=O)[O-]. The predicted molar refractivity (Wildman–Crippen MR) is 83.0 cm³/mol. The molecule has 21 heavy (non-hydrogen) atoms. The fourth-order valence-electron chi connectivity index (χ4n) is 2.16. The van der Waals surface area contributed by atoms with Gasteiger partial charge in [-0.2, -0.15) is 5.26 Å². The Balaban J connectivity index is 2.90. The second kappa shape index (κ2) is 8.22. The molecule has 1 atom stereocenters. The Morgan fingerprint density at radius 2 is 2.19 bits per heavy atom. The number of hydrogen-bond donors (Lipinski definition) is 1. The van der Waals surface area contributed by atoms with Crippen LogP contribution in [0, 0.1) is 27.4 Å². The van der Waals surface area contributed by atoms with Crippen LogP contribution < -0.4 is 5.32 Å². The number of nitro benzene ring substituents is 1. The second-order valence-corrected chi connectivity index (χ2v) is 5.00. The highest BCUT2D eigenvalue weighted by molar-refractivity contribution is 5.62. The van der Waals surface area contributed by atoms with E-state index in [0.29, 0.717) is 25.3 Å². The normalized spacial score (nSPS) is 12.0. The quantitative estimate of drug-likeness (QED) is 0.588. The molecule has 1 aromatic carbocycles. The van der Waals surface area contributed by atoms with Gasteiger partial charge < -0.3 is 5.32 Å². The molecule has 6 nitrogen and oxygen atoms in total. The second-order valence-electron chi connectivity index (χ2n) is 5.00. The number of anilines is 1. The van der Waals surface area contributed by atoms with Crippen LogP contribution in [0.3, 0.4) is 0 Å². The van der Waals surface area contributed by atoms with E-state index >= 15 is 0 Å². The van der Waals surface area contributed by atoms with Gasteiger partial charge in [0.25, 0.3) is 5.69 Å². The van der Waals surface area contributed by atoms with Crippen LogP contribution in [-0.4, -0.2) is 29.5 Å². The Labute approximate surface area is 125 Å². The molecule has 0 amide bonds. The monoisotopic (exact) mass is 290 g/mol. The third-order valence-electron chi connectivity index (χ3n) is 3.23. The molecule has 0 radical (unpaired) electrons. The van der Waals surface area contributed by atoms with Gasteiger partial charge in [0.1, 0.15) is 5.69 Å². The number of nitrogens with zero attached hydrogens (tertiary/aromatic N) is 3. The Bertz CT molecular complexity index is 525. The van der Waals surface area contributed by atoms with Gasteiger partial charge in [-0.1, -0.05) is 13.0 Å². The van der Waals surface area contributed by atoms with Crippen LogP contribution in [0.5, 0.6) is 0 Å². The number of nitrogens with one attached hydrogen (secondary N) is 1. The minimum atomic E-state index is -0.365. The first kappa shape index (κ1) is 16.9. The van der Waals surface area contributed by atoms with Crippen LogP contribution in [0.15, 0.2) is 18.2 Å². The summed E-state index contributed by atoms with van der Waals surface area (Å²) in [7, 11) is 0. The van der Waals surface area contributed by atoms with Crippen molar-refractivity contribution in [1.82, 2.24) is 4.90 Å². The third-order valence-corrected chi connectivity index (χ3v) is 3.23. The number of rotatable bonds is 8. The summed E-state index contributed by atoms with van der Waals surface area (Å²) < 4.78 is 0. The molecule has 1 N–H and O–H groups in total. The van der Waals surface area contributed by atoms with Crippen LogP contribution in [0.25, 0.3) is 0 Å². The van der Waals surface area contributed by atoms with E-state index < -0.39 is 0 Å². The zero-order chi connectivity index (χ0) is 15.8. The van der Waals surface area contributed by atoms with Crippen LogP contribution in [0.2, 0.25) is 0 Å². The van der Waals surface area contributed by atoms with Crippen LogP contribution in [-0.2, 0) is 6.54 Å². The summed E-state index contributed by atoms with van der Waals surface area (Å²) in [5, 5.41) is 23.0. The molecule has 1 aromatic rings. The molecule has 0 saturated heterocycles. The lowest BCUT2D eigenvalue weighted by molar-refractivity contribution is -0.384. The average Bonchev–Trinajstić information content (AvgIpc) is 2.47. The Morgan fingerprint density at radius 1 is 1.48 bits per heavy atom. The van der Waals surface area contributed by atoms with E-state index in [2.05, 4.69) is 16.3 Å². The van der Waals surface area contributed by atoms with Gasteiger partial charge in [0.2, 0.25) is 0 Å². The van der Waals surface area contributed by atoms with Gasteiger partial charge in [0.05, 0.1) is 16.9 Å². The van der Waals surface area contributed by atoms with E-state index in [1.54, 1.807) is 12.1 Å². The predicted octanol–water partition coefficient (Wildman–Crippen LogP) is 3.01. The molecule has 1 unspecified atom stereocenters. The molecule has 0 heterocycles. The average molecular weight is 290 g/mol. The van der Waals surface area contributed by atoms with E-state index in [0.717, 1.165) is 12.1 Å². The van der Waals surface area contributed by atoms with Crippen LogP contribution in [0.4, 0.5) is 11.4 Å². The number of benzene rings is 1. The molecule has 0 fully saturated rings. The van der Waals surface area contributed by atoms with Gasteiger partial charge in [-0.15, -0.1) is 0 Å². The largest absolute Gasteiger partial charge is 0.380 e. The lowest BCUT2D eigenvalue weighted by atomic mass is 10.1. The van der Waals surface area contributed by atoms with Crippen molar-refractivity contribution in [3.05, 3.63) is 33.9 Å². The number of nitro groups is 1. The first-order chi connectivity index (χ1) is 10.0. The summed E-state index contributed by atoms with van der Waals surface area (Å²) >= 11 is 0. The van der Waals surface area contributed by atoms with Crippen molar-refractivity contribution >= 4 is 11.4 Å². The van der Waals surface area contributed by atoms with E-state index in [1.807, 2.05) is 26.8 Å². The van der Waals surface area contributed by atoms with E-state index in [1.165, 1.54) is 0 Å². The topological polar surface area (TPSA) is 82.2 Å². The van der Waals surface area contributed by atoms with E-state index in [-0.39, 0.29) is 16.5 Å². The van der Waals surface area contributed by atoms with E-state index in [9.17, 15) is 10.1 Å². The van der Waals surface area contributed by atoms with Gasteiger partial charge in [0, 0.05) is 25.7 Å². The third kappa shape index (κ3) is 5.04. The standard InChI is InChI=1S/C15H22N4O2/c1-4-17-14-7-6-13(8-15(14)19(20)21)11-18(5-2)10-12(3)9-16/h6-8,12,17H,4-5,10-11H2,1-3H3. The van der Waals surface area contributed by atoms with Crippen molar-refractivity contribution in [3.8, 4) is 6.07 Å². The number of nitriles is 1. The highest BCUT2D eigenvalue weighted by Crippen LogP contribution is 2.26. The zero-order valence-corrected chi connectivity index (χ0v) is 12.8. The minimum Gasteiger partial charge on any atom is -0.380 e. The summed E-state index contributed by atoms with van der Waals surface area (Å²) in [6.45, 7) is 8.51. The smallest absolute Gasteiger partial charge is 0.292 e. The van der Waals surface area contributed by atoms with Crippen molar-refractivity contribution < 1.29 is 4.92 Å². The summed E-state index contributed by atoms with van der Waals surface area (Å²) in [4.78, 5) is 12.9. The molecule has 114 valence electrons. The summed E-state index contributed by atoms with van der Waals surface area (Å²) in [6, 6.07) is 7.46. The first-order valence-corrected chi connectivity index (χ1v) is 7.14. The number of hydrogen-bond acceptors (Lipinski definition) is 5. The van der Waals surface area contributed by atoms with Crippen LogP contribution in [0.1, 0.15) is 26.3 Å². The van der Waals surface area contributed by atoms with Crippen LogP contribution >= 0.6 is 0 Å². The Hall–Kier alpha value is -2.13. The molecule has 6 heteroatoms. The lowest BCUT2D eigenvalue weighted by Crippen LogP contribution is -2.27. The van der Waals surface area contributed by atoms with E-state index in [4.69, 9.17) is 5.26 Å². The summed E-state index contributed by atoms with van der Waals surface area (Å²) in [5.74, 6) is -0.0547.